The first-order valence-electron chi connectivity index (χ1n) is 9.84. The number of carbonyl (C=O) groups is 1. The van der Waals surface area contributed by atoms with Crippen LogP contribution < -0.4 is 0 Å². The topological polar surface area (TPSA) is 68.5 Å². The largest absolute Gasteiger partial charge is 0.378 e. The molecule has 0 atom stereocenters. The van der Waals surface area contributed by atoms with Crippen LogP contribution in [-0.2, 0) is 11.2 Å². The summed E-state index contributed by atoms with van der Waals surface area (Å²) in [7, 11) is 0. The molecule has 0 saturated carbocycles. The second-order valence-electron chi connectivity index (χ2n) is 7.12. The Hall–Kier alpha value is -2.77. The molecule has 3 aromatic rings. The predicted molar refractivity (Wildman–Crippen MR) is 110 cm³/mol. The van der Waals surface area contributed by atoms with Crippen molar-refractivity contribution in [1.82, 2.24) is 15.0 Å². The van der Waals surface area contributed by atoms with E-state index >= 15 is 0 Å². The molecule has 1 amide bonds. The van der Waals surface area contributed by atoms with Gasteiger partial charge in [-0.15, -0.1) is 0 Å². The summed E-state index contributed by atoms with van der Waals surface area (Å²) in [5.41, 5.74) is 1.28. The summed E-state index contributed by atoms with van der Waals surface area (Å²) in [5, 5.41) is 3.96. The second-order valence-corrected chi connectivity index (χ2v) is 7.53. The van der Waals surface area contributed by atoms with Gasteiger partial charge in [-0.2, -0.15) is 4.98 Å². The zero-order valence-corrected chi connectivity index (χ0v) is 17.0. The standard InChI is InChI=1S/C22H21ClFN3O3/c23-18-14-16(6-7-19(18)24)22(28)27-11-8-17(9-12-27)29-13-10-20-25-21(30-26-20)15-4-2-1-3-5-15/h1-7,14,17H,8-13H2. The van der Waals surface area contributed by atoms with Gasteiger partial charge in [0.1, 0.15) is 5.82 Å². The van der Waals surface area contributed by atoms with Crippen molar-refractivity contribution in [3.05, 3.63) is 70.8 Å². The third-order valence-corrected chi connectivity index (χ3v) is 5.35. The fourth-order valence-electron chi connectivity index (χ4n) is 3.41. The van der Waals surface area contributed by atoms with Crippen LogP contribution in [0.15, 0.2) is 53.1 Å². The molecule has 0 N–H and O–H groups in total. The minimum atomic E-state index is -0.530. The Morgan fingerprint density at radius 2 is 1.97 bits per heavy atom. The number of amides is 1. The van der Waals surface area contributed by atoms with Crippen LogP contribution in [0.2, 0.25) is 5.02 Å². The minimum absolute atomic E-state index is 0.0454. The normalized spacial score (nSPS) is 14.8. The number of hydrogen-bond acceptors (Lipinski definition) is 5. The van der Waals surface area contributed by atoms with Gasteiger partial charge in [-0.1, -0.05) is 35.0 Å². The number of piperidine rings is 1. The number of nitrogens with zero attached hydrogens (tertiary/aromatic N) is 3. The molecule has 156 valence electrons. The Morgan fingerprint density at radius 3 is 2.70 bits per heavy atom. The van der Waals surface area contributed by atoms with Crippen LogP contribution in [0.25, 0.3) is 11.5 Å². The Labute approximate surface area is 178 Å². The monoisotopic (exact) mass is 429 g/mol. The number of rotatable bonds is 6. The zero-order valence-electron chi connectivity index (χ0n) is 16.3. The molecule has 2 heterocycles. The maximum absolute atomic E-state index is 13.3. The van der Waals surface area contributed by atoms with Crippen molar-refractivity contribution < 1.29 is 18.4 Å². The molecule has 2 aromatic carbocycles. The average Bonchev–Trinajstić information content (AvgIpc) is 3.25. The molecule has 1 aliphatic heterocycles. The van der Waals surface area contributed by atoms with Crippen molar-refractivity contribution in [2.45, 2.75) is 25.4 Å². The van der Waals surface area contributed by atoms with E-state index in [2.05, 4.69) is 10.1 Å². The molecule has 8 heteroatoms. The first-order valence-corrected chi connectivity index (χ1v) is 10.2. The van der Waals surface area contributed by atoms with Gasteiger partial charge in [-0.05, 0) is 43.2 Å². The van der Waals surface area contributed by atoms with Crippen molar-refractivity contribution in [3.8, 4) is 11.5 Å². The summed E-state index contributed by atoms with van der Waals surface area (Å²) >= 11 is 5.78. The first-order chi connectivity index (χ1) is 14.6. The summed E-state index contributed by atoms with van der Waals surface area (Å²) in [5.74, 6) is 0.432. The summed E-state index contributed by atoms with van der Waals surface area (Å²) in [6.45, 7) is 1.65. The third kappa shape index (κ3) is 4.86. The van der Waals surface area contributed by atoms with Crippen molar-refractivity contribution in [2.75, 3.05) is 19.7 Å². The van der Waals surface area contributed by atoms with E-state index in [4.69, 9.17) is 20.9 Å². The van der Waals surface area contributed by atoms with Crippen LogP contribution in [-0.4, -0.2) is 46.7 Å². The average molecular weight is 430 g/mol. The summed E-state index contributed by atoms with van der Waals surface area (Å²) in [6.07, 6.45) is 2.11. The van der Waals surface area contributed by atoms with Crippen molar-refractivity contribution in [3.63, 3.8) is 0 Å². The van der Waals surface area contributed by atoms with Gasteiger partial charge in [0.2, 0.25) is 0 Å². The third-order valence-electron chi connectivity index (χ3n) is 5.06. The number of ether oxygens (including phenoxy) is 1. The molecule has 1 saturated heterocycles. The molecule has 6 nitrogen and oxygen atoms in total. The highest BCUT2D eigenvalue weighted by Crippen LogP contribution is 2.21. The number of carbonyl (C=O) groups excluding carboxylic acids is 1. The van der Waals surface area contributed by atoms with E-state index in [1.54, 1.807) is 4.90 Å². The molecule has 0 spiro atoms. The Bertz CT molecular complexity index is 1000. The lowest BCUT2D eigenvalue weighted by Gasteiger charge is -2.32. The molecule has 4 rings (SSSR count). The van der Waals surface area contributed by atoms with Crippen LogP contribution in [0.5, 0.6) is 0 Å². The van der Waals surface area contributed by atoms with E-state index in [9.17, 15) is 9.18 Å². The highest BCUT2D eigenvalue weighted by Gasteiger charge is 2.24. The number of benzene rings is 2. The lowest BCUT2D eigenvalue weighted by atomic mass is 10.1. The van der Waals surface area contributed by atoms with E-state index < -0.39 is 5.82 Å². The predicted octanol–water partition coefficient (Wildman–Crippen LogP) is 4.39. The summed E-state index contributed by atoms with van der Waals surface area (Å²) in [6, 6.07) is 13.7. The van der Waals surface area contributed by atoms with E-state index in [1.165, 1.54) is 18.2 Å². The summed E-state index contributed by atoms with van der Waals surface area (Å²) in [4.78, 5) is 18.7. The van der Waals surface area contributed by atoms with Crippen LogP contribution in [0, 0.1) is 5.82 Å². The number of hydrogen-bond donors (Lipinski definition) is 0. The minimum Gasteiger partial charge on any atom is -0.378 e. The van der Waals surface area contributed by atoms with Gasteiger partial charge >= 0.3 is 0 Å². The summed E-state index contributed by atoms with van der Waals surface area (Å²) < 4.78 is 24.5. The second kappa shape index (κ2) is 9.36. The van der Waals surface area contributed by atoms with Gasteiger partial charge in [-0.3, -0.25) is 4.79 Å². The van der Waals surface area contributed by atoms with Gasteiger partial charge in [0.25, 0.3) is 11.8 Å². The lowest BCUT2D eigenvalue weighted by molar-refractivity contribution is 0.00947. The number of aromatic nitrogens is 2. The van der Waals surface area contributed by atoms with Gasteiger partial charge in [0.15, 0.2) is 5.82 Å². The van der Waals surface area contributed by atoms with Gasteiger partial charge in [0, 0.05) is 30.6 Å². The molecule has 0 unspecified atom stereocenters. The molecule has 1 fully saturated rings. The van der Waals surface area contributed by atoms with Crippen molar-refractivity contribution >= 4 is 17.5 Å². The molecular weight excluding hydrogens is 409 g/mol. The highest BCUT2D eigenvalue weighted by atomic mass is 35.5. The Kier molecular flexibility index (Phi) is 6.40. The molecule has 0 radical (unpaired) electrons. The van der Waals surface area contributed by atoms with Crippen LogP contribution in [0.3, 0.4) is 0 Å². The molecule has 0 bridgehead atoms. The SMILES string of the molecule is O=C(c1ccc(F)c(Cl)c1)N1CCC(OCCc2noc(-c3ccccc3)n2)CC1. The van der Waals surface area contributed by atoms with Crippen LogP contribution >= 0.6 is 11.6 Å². The fourth-order valence-corrected chi connectivity index (χ4v) is 3.59. The van der Waals surface area contributed by atoms with Gasteiger partial charge < -0.3 is 14.2 Å². The van der Waals surface area contributed by atoms with E-state index in [-0.39, 0.29) is 17.0 Å². The molecule has 30 heavy (non-hydrogen) atoms. The molecular formula is C22H21ClFN3O3. The maximum Gasteiger partial charge on any atom is 0.257 e. The first kappa shape index (κ1) is 20.5. The molecule has 1 aliphatic rings. The zero-order chi connectivity index (χ0) is 20.9. The van der Waals surface area contributed by atoms with Crippen molar-refractivity contribution in [2.24, 2.45) is 0 Å². The van der Waals surface area contributed by atoms with E-state index in [0.29, 0.717) is 43.4 Å². The Balaban J connectivity index is 1.22. The maximum atomic E-state index is 13.3. The van der Waals surface area contributed by atoms with E-state index in [1.807, 2.05) is 30.3 Å². The smallest absolute Gasteiger partial charge is 0.257 e. The molecule has 0 aliphatic carbocycles. The number of halogens is 2. The van der Waals surface area contributed by atoms with Crippen LogP contribution in [0.4, 0.5) is 4.39 Å². The van der Waals surface area contributed by atoms with E-state index in [0.717, 1.165) is 18.4 Å². The fraction of sp³-hybridized carbons (Fsp3) is 0.318. The molecule has 1 aromatic heterocycles. The van der Waals surface area contributed by atoms with Gasteiger partial charge in [0.05, 0.1) is 17.7 Å². The quantitative estimate of drug-likeness (QED) is 0.581. The number of likely N-dealkylation sites (tertiary alicyclic amines) is 1. The lowest BCUT2D eigenvalue weighted by Crippen LogP contribution is -2.41. The Morgan fingerprint density at radius 1 is 1.20 bits per heavy atom. The highest BCUT2D eigenvalue weighted by molar-refractivity contribution is 6.31. The van der Waals surface area contributed by atoms with Crippen LogP contribution in [0.1, 0.15) is 29.0 Å². The van der Waals surface area contributed by atoms with Gasteiger partial charge in [-0.25, -0.2) is 4.39 Å². The van der Waals surface area contributed by atoms with Crippen molar-refractivity contribution in [1.29, 1.82) is 0 Å².